The van der Waals surface area contributed by atoms with Crippen molar-refractivity contribution in [2.45, 2.75) is 17.8 Å². The first-order valence-corrected chi connectivity index (χ1v) is 13.7. The molecule has 0 N–H and O–H groups in total. The molecule has 3 aliphatic carbocycles. The summed E-state index contributed by atoms with van der Waals surface area (Å²) >= 11 is 6.74. The molecule has 0 amide bonds. The molecule has 180 valence electrons. The maximum atomic E-state index is 6.74. The van der Waals surface area contributed by atoms with E-state index in [0.29, 0.717) is 5.92 Å². The Balaban J connectivity index is 1.48. The number of benzene rings is 5. The topological polar surface area (TPSA) is 0 Å². The van der Waals surface area contributed by atoms with Gasteiger partial charge >= 0.3 is 0 Å². The van der Waals surface area contributed by atoms with E-state index in [4.69, 9.17) is 11.6 Å². The second kappa shape index (κ2) is 8.18. The van der Waals surface area contributed by atoms with Gasteiger partial charge in [0, 0.05) is 16.5 Å². The van der Waals surface area contributed by atoms with Gasteiger partial charge < -0.3 is 0 Å². The smallest absolute Gasteiger partial charge is 0.0685 e. The van der Waals surface area contributed by atoms with Crippen LogP contribution < -0.4 is 0 Å². The Bertz CT molecular complexity index is 1770. The predicted molar refractivity (Wildman–Crippen MR) is 159 cm³/mol. The van der Waals surface area contributed by atoms with Crippen LogP contribution in [0, 0.1) is 0 Å². The fourth-order valence-corrected chi connectivity index (χ4v) is 7.65. The number of rotatable bonds is 2. The highest BCUT2D eigenvalue weighted by molar-refractivity contribution is 6.33. The Hall–Kier alpha value is -4.13. The molecule has 5 aromatic rings. The lowest BCUT2D eigenvalue weighted by Crippen LogP contribution is -2.27. The first kappa shape index (κ1) is 21.9. The van der Waals surface area contributed by atoms with Gasteiger partial charge in [0.25, 0.3) is 0 Å². The lowest BCUT2D eigenvalue weighted by molar-refractivity contribution is 0.708. The van der Waals surface area contributed by atoms with Gasteiger partial charge in [-0.15, -0.1) is 0 Å². The number of allylic oxidation sites excluding steroid dienone is 4. The fourth-order valence-electron chi connectivity index (χ4n) is 7.42. The summed E-state index contributed by atoms with van der Waals surface area (Å²) in [5, 5.41) is 0.781. The van der Waals surface area contributed by atoms with Crippen LogP contribution in [0.1, 0.15) is 34.6 Å². The van der Waals surface area contributed by atoms with Crippen molar-refractivity contribution < 1.29 is 0 Å². The average molecular weight is 505 g/mol. The number of hydrogen-bond donors (Lipinski definition) is 0. The van der Waals surface area contributed by atoms with Crippen LogP contribution >= 0.6 is 11.6 Å². The summed E-state index contributed by atoms with van der Waals surface area (Å²) in [7, 11) is 0. The number of hydrogen-bond acceptors (Lipinski definition) is 0. The maximum absolute atomic E-state index is 6.74. The SMILES string of the molecule is Clc1ccccc1-c1ccccc1-c1cccc2c1C1CC=CC=C1C21c2ccccc2-c2ccccc21. The van der Waals surface area contributed by atoms with Gasteiger partial charge in [-0.1, -0.05) is 139 Å². The van der Waals surface area contributed by atoms with Gasteiger partial charge in [-0.3, -0.25) is 0 Å². The van der Waals surface area contributed by atoms with Gasteiger partial charge in [0.05, 0.1) is 5.41 Å². The highest BCUT2D eigenvalue weighted by atomic mass is 35.5. The van der Waals surface area contributed by atoms with Gasteiger partial charge in [-0.05, 0) is 68.1 Å². The molecular weight excluding hydrogens is 480 g/mol. The molecule has 0 aromatic heterocycles. The molecule has 1 atom stereocenters. The fraction of sp³-hybridized carbons (Fsp3) is 0.0811. The highest BCUT2D eigenvalue weighted by Crippen LogP contribution is 2.66. The molecule has 1 spiro atoms. The Morgan fingerprint density at radius 3 is 1.74 bits per heavy atom. The zero-order chi connectivity index (χ0) is 25.3. The van der Waals surface area contributed by atoms with E-state index in [1.165, 1.54) is 55.6 Å². The normalized spacial score (nSPS) is 17.5. The first-order valence-electron chi connectivity index (χ1n) is 13.3. The van der Waals surface area contributed by atoms with Gasteiger partial charge in [-0.2, -0.15) is 0 Å². The van der Waals surface area contributed by atoms with Crippen molar-refractivity contribution in [3.8, 4) is 33.4 Å². The van der Waals surface area contributed by atoms with E-state index in [1.54, 1.807) is 0 Å². The van der Waals surface area contributed by atoms with Crippen LogP contribution in [-0.4, -0.2) is 0 Å². The van der Waals surface area contributed by atoms with Crippen LogP contribution in [0.25, 0.3) is 33.4 Å². The maximum Gasteiger partial charge on any atom is 0.0685 e. The van der Waals surface area contributed by atoms with Crippen LogP contribution in [0.15, 0.2) is 139 Å². The predicted octanol–water partition coefficient (Wildman–Crippen LogP) is 9.97. The Morgan fingerprint density at radius 1 is 0.526 bits per heavy atom. The minimum absolute atomic E-state index is 0.271. The summed E-state index contributed by atoms with van der Waals surface area (Å²) < 4.78 is 0. The summed E-state index contributed by atoms with van der Waals surface area (Å²) in [4.78, 5) is 0. The van der Waals surface area contributed by atoms with E-state index in [9.17, 15) is 0 Å². The van der Waals surface area contributed by atoms with Crippen LogP contribution in [0.4, 0.5) is 0 Å². The highest BCUT2D eigenvalue weighted by Gasteiger charge is 2.55. The van der Waals surface area contributed by atoms with E-state index in [1.807, 2.05) is 12.1 Å². The molecule has 0 fully saturated rings. The molecule has 1 heteroatoms. The van der Waals surface area contributed by atoms with E-state index in [0.717, 1.165) is 17.0 Å². The van der Waals surface area contributed by atoms with Crippen molar-refractivity contribution in [1.82, 2.24) is 0 Å². The average Bonchev–Trinajstić information content (AvgIpc) is 3.45. The van der Waals surface area contributed by atoms with Crippen molar-refractivity contribution in [2.75, 3.05) is 0 Å². The van der Waals surface area contributed by atoms with Crippen LogP contribution in [0.2, 0.25) is 5.02 Å². The van der Waals surface area contributed by atoms with Gasteiger partial charge in [-0.25, -0.2) is 0 Å². The molecule has 0 heterocycles. The van der Waals surface area contributed by atoms with E-state index in [-0.39, 0.29) is 5.41 Å². The summed E-state index contributed by atoms with van der Waals surface area (Å²) in [6, 6.07) is 41.9. The summed E-state index contributed by atoms with van der Waals surface area (Å²) in [5.74, 6) is 0.324. The van der Waals surface area contributed by atoms with Crippen LogP contribution in [0.3, 0.4) is 0 Å². The van der Waals surface area contributed by atoms with Crippen molar-refractivity contribution in [3.63, 3.8) is 0 Å². The molecular formula is C37H25Cl. The first-order chi connectivity index (χ1) is 18.8. The molecule has 0 nitrogen and oxygen atoms in total. The van der Waals surface area contributed by atoms with Crippen molar-refractivity contribution in [2.24, 2.45) is 0 Å². The minimum Gasteiger partial charge on any atom is -0.0837 e. The molecule has 1 unspecified atom stereocenters. The molecule has 0 radical (unpaired) electrons. The van der Waals surface area contributed by atoms with E-state index < -0.39 is 0 Å². The summed E-state index contributed by atoms with van der Waals surface area (Å²) in [5.41, 5.74) is 14.4. The third-order valence-corrected chi connectivity index (χ3v) is 9.11. The molecule has 0 aliphatic heterocycles. The van der Waals surface area contributed by atoms with Crippen molar-refractivity contribution >= 4 is 11.6 Å². The van der Waals surface area contributed by atoms with Gasteiger partial charge in [0.15, 0.2) is 0 Å². The molecule has 3 aliphatic rings. The molecule has 0 bridgehead atoms. The zero-order valence-electron chi connectivity index (χ0n) is 20.9. The van der Waals surface area contributed by atoms with Crippen molar-refractivity contribution in [1.29, 1.82) is 0 Å². The molecule has 8 rings (SSSR count). The lowest BCUT2D eigenvalue weighted by atomic mass is 9.69. The largest absolute Gasteiger partial charge is 0.0837 e. The van der Waals surface area contributed by atoms with Crippen LogP contribution in [0.5, 0.6) is 0 Å². The van der Waals surface area contributed by atoms with Crippen LogP contribution in [-0.2, 0) is 5.41 Å². The monoisotopic (exact) mass is 504 g/mol. The third kappa shape index (κ3) is 2.76. The molecule has 0 saturated heterocycles. The van der Waals surface area contributed by atoms with E-state index in [2.05, 4.69) is 121 Å². The standard InChI is InChI=1S/C37H25Cl/c38-35-23-10-6-16-28(35)24-12-1-2-13-25(24)29-18-11-22-34-36(29)30-17-5-9-21-33(30)37(34)31-19-7-3-14-26(31)27-15-4-8-20-32(27)37/h1-16,18-23,30H,17H2. The lowest BCUT2D eigenvalue weighted by Gasteiger charge is -2.32. The zero-order valence-corrected chi connectivity index (χ0v) is 21.6. The second-order valence-corrected chi connectivity index (χ2v) is 10.9. The summed E-state index contributed by atoms with van der Waals surface area (Å²) in [6.45, 7) is 0. The summed E-state index contributed by atoms with van der Waals surface area (Å²) in [6.07, 6.45) is 8.01. The minimum atomic E-state index is -0.271. The van der Waals surface area contributed by atoms with Gasteiger partial charge in [0.2, 0.25) is 0 Å². The van der Waals surface area contributed by atoms with Crippen molar-refractivity contribution in [3.05, 3.63) is 166 Å². The number of fused-ring (bicyclic) bond motifs is 10. The Morgan fingerprint density at radius 2 is 1.05 bits per heavy atom. The van der Waals surface area contributed by atoms with E-state index >= 15 is 0 Å². The molecule has 0 saturated carbocycles. The third-order valence-electron chi connectivity index (χ3n) is 8.78. The number of halogens is 1. The Kier molecular flexibility index (Phi) is 4.72. The molecule has 38 heavy (non-hydrogen) atoms. The Labute approximate surface area is 228 Å². The van der Waals surface area contributed by atoms with Gasteiger partial charge in [0.1, 0.15) is 0 Å². The quantitative estimate of drug-likeness (QED) is 0.224. The molecule has 5 aromatic carbocycles. The second-order valence-electron chi connectivity index (χ2n) is 10.5.